The van der Waals surface area contributed by atoms with Crippen LogP contribution in [0.15, 0.2) is 60.0 Å². The third-order valence-corrected chi connectivity index (χ3v) is 4.45. The number of carbonyl (C=O) groups is 1. The topological polar surface area (TPSA) is 64.9 Å². The van der Waals surface area contributed by atoms with Gasteiger partial charge in [-0.25, -0.2) is 4.98 Å². The van der Waals surface area contributed by atoms with Crippen molar-refractivity contribution in [3.8, 4) is 11.5 Å². The molecule has 3 rings (SSSR count). The van der Waals surface area contributed by atoms with Crippen molar-refractivity contribution in [2.24, 2.45) is 0 Å². The molecule has 0 radical (unpaired) electrons. The number of aromatic nitrogens is 2. The third kappa shape index (κ3) is 4.45. The zero-order chi connectivity index (χ0) is 17.5. The molecular weight excluding hydrogens is 338 g/mol. The van der Waals surface area contributed by atoms with Crippen molar-refractivity contribution < 1.29 is 14.3 Å². The second-order valence-corrected chi connectivity index (χ2v) is 6.12. The van der Waals surface area contributed by atoms with Crippen molar-refractivity contribution in [2.75, 3.05) is 26.0 Å². The van der Waals surface area contributed by atoms with Crippen molar-refractivity contribution >= 4 is 23.2 Å². The second-order valence-electron chi connectivity index (χ2n) is 5.17. The number of fused-ring (bicyclic) bond motifs is 1. The SMILES string of the molecule is COc1ccccc1OCCNC(=O)CSc1ncc2ccccn12. The summed E-state index contributed by atoms with van der Waals surface area (Å²) < 4.78 is 12.8. The molecule has 6 nitrogen and oxygen atoms in total. The lowest BCUT2D eigenvalue weighted by Gasteiger charge is -2.10. The summed E-state index contributed by atoms with van der Waals surface area (Å²) >= 11 is 1.40. The Bertz CT molecular complexity index is 850. The Hall–Kier alpha value is -2.67. The number of pyridine rings is 1. The fourth-order valence-corrected chi connectivity index (χ4v) is 3.09. The fraction of sp³-hybridized carbons (Fsp3) is 0.222. The predicted octanol–water partition coefficient (Wildman–Crippen LogP) is 2.63. The summed E-state index contributed by atoms with van der Waals surface area (Å²) in [5, 5.41) is 3.64. The minimum Gasteiger partial charge on any atom is -0.493 e. The molecule has 1 N–H and O–H groups in total. The molecule has 0 saturated carbocycles. The number of imidazole rings is 1. The van der Waals surface area contributed by atoms with E-state index in [1.165, 1.54) is 11.8 Å². The highest BCUT2D eigenvalue weighted by atomic mass is 32.2. The van der Waals surface area contributed by atoms with Crippen molar-refractivity contribution in [3.63, 3.8) is 0 Å². The Balaban J connectivity index is 1.41. The van der Waals surface area contributed by atoms with Gasteiger partial charge in [-0.05, 0) is 24.3 Å². The minimum atomic E-state index is -0.0543. The first kappa shape index (κ1) is 17.2. The fourth-order valence-electron chi connectivity index (χ4n) is 2.30. The number of benzene rings is 1. The molecule has 0 fully saturated rings. The van der Waals surface area contributed by atoms with Gasteiger partial charge in [-0.2, -0.15) is 0 Å². The first-order chi connectivity index (χ1) is 12.3. The molecule has 0 saturated heterocycles. The zero-order valence-electron chi connectivity index (χ0n) is 13.8. The molecule has 1 aromatic carbocycles. The molecule has 0 unspecified atom stereocenters. The molecule has 130 valence electrons. The Morgan fingerprint density at radius 2 is 2.00 bits per heavy atom. The van der Waals surface area contributed by atoms with E-state index in [0.29, 0.717) is 30.4 Å². The summed E-state index contributed by atoms with van der Waals surface area (Å²) in [7, 11) is 1.60. The van der Waals surface area contributed by atoms with Crippen molar-refractivity contribution in [3.05, 3.63) is 54.9 Å². The van der Waals surface area contributed by atoms with Crippen LogP contribution in [0.5, 0.6) is 11.5 Å². The smallest absolute Gasteiger partial charge is 0.230 e. The minimum absolute atomic E-state index is 0.0543. The predicted molar refractivity (Wildman–Crippen MR) is 97.4 cm³/mol. The molecule has 0 aliphatic carbocycles. The van der Waals surface area contributed by atoms with Gasteiger partial charge in [0.2, 0.25) is 5.91 Å². The van der Waals surface area contributed by atoms with E-state index in [1.807, 2.05) is 53.1 Å². The van der Waals surface area contributed by atoms with Crippen LogP contribution in [-0.2, 0) is 4.79 Å². The van der Waals surface area contributed by atoms with Gasteiger partial charge in [-0.1, -0.05) is 30.0 Å². The highest BCUT2D eigenvalue weighted by molar-refractivity contribution is 7.99. The molecule has 0 atom stereocenters. The number of carbonyl (C=O) groups excluding carboxylic acids is 1. The second kappa shape index (κ2) is 8.43. The summed E-state index contributed by atoms with van der Waals surface area (Å²) in [6.07, 6.45) is 3.73. The summed E-state index contributed by atoms with van der Waals surface area (Å²) in [4.78, 5) is 16.3. The van der Waals surface area contributed by atoms with E-state index in [4.69, 9.17) is 9.47 Å². The lowest BCUT2D eigenvalue weighted by molar-refractivity contribution is -0.118. The van der Waals surface area contributed by atoms with Crippen molar-refractivity contribution in [2.45, 2.75) is 5.16 Å². The number of ether oxygens (including phenoxy) is 2. The largest absolute Gasteiger partial charge is 0.493 e. The molecule has 2 heterocycles. The number of hydrogen-bond donors (Lipinski definition) is 1. The van der Waals surface area contributed by atoms with E-state index in [9.17, 15) is 4.79 Å². The number of rotatable bonds is 8. The van der Waals surface area contributed by atoms with E-state index >= 15 is 0 Å². The first-order valence-corrected chi connectivity index (χ1v) is 8.84. The molecule has 0 aliphatic rings. The number of para-hydroxylation sites is 2. The van der Waals surface area contributed by atoms with E-state index in [-0.39, 0.29) is 5.91 Å². The molecular formula is C18H19N3O3S. The quantitative estimate of drug-likeness (QED) is 0.496. The first-order valence-electron chi connectivity index (χ1n) is 7.85. The van der Waals surface area contributed by atoms with Gasteiger partial charge in [0, 0.05) is 6.20 Å². The van der Waals surface area contributed by atoms with Gasteiger partial charge < -0.3 is 14.8 Å². The average molecular weight is 357 g/mol. The summed E-state index contributed by atoms with van der Waals surface area (Å²) in [5.74, 6) is 1.59. The molecule has 0 aliphatic heterocycles. The van der Waals surface area contributed by atoms with Gasteiger partial charge in [0.1, 0.15) is 6.61 Å². The van der Waals surface area contributed by atoms with Crippen molar-refractivity contribution in [1.82, 2.24) is 14.7 Å². The van der Waals surface area contributed by atoms with Crippen LogP contribution in [-0.4, -0.2) is 41.3 Å². The highest BCUT2D eigenvalue weighted by Gasteiger charge is 2.08. The third-order valence-electron chi connectivity index (χ3n) is 3.49. The maximum absolute atomic E-state index is 12.0. The number of thioether (sulfide) groups is 1. The number of nitrogens with one attached hydrogen (secondary N) is 1. The van der Waals surface area contributed by atoms with E-state index in [0.717, 1.165) is 10.7 Å². The van der Waals surface area contributed by atoms with Crippen LogP contribution in [0.3, 0.4) is 0 Å². The lowest BCUT2D eigenvalue weighted by Crippen LogP contribution is -2.29. The van der Waals surface area contributed by atoms with Gasteiger partial charge in [0.25, 0.3) is 0 Å². The van der Waals surface area contributed by atoms with Crippen LogP contribution >= 0.6 is 11.8 Å². The molecule has 25 heavy (non-hydrogen) atoms. The van der Waals surface area contributed by atoms with Gasteiger partial charge in [-0.15, -0.1) is 0 Å². The van der Waals surface area contributed by atoms with E-state index < -0.39 is 0 Å². The standard InChI is InChI=1S/C18H19N3O3S/c1-23-15-7-2-3-8-16(15)24-11-9-19-17(22)13-25-18-20-12-14-6-4-5-10-21(14)18/h2-8,10,12H,9,11,13H2,1H3,(H,19,22). The van der Waals surface area contributed by atoms with Crippen LogP contribution < -0.4 is 14.8 Å². The van der Waals surface area contributed by atoms with Gasteiger partial charge in [0.15, 0.2) is 16.7 Å². The molecule has 3 aromatic rings. The number of methoxy groups -OCH3 is 1. The Labute approximate surface area is 150 Å². The maximum Gasteiger partial charge on any atom is 0.230 e. The van der Waals surface area contributed by atoms with Crippen LogP contribution in [0.2, 0.25) is 0 Å². The van der Waals surface area contributed by atoms with Crippen LogP contribution in [0.4, 0.5) is 0 Å². The maximum atomic E-state index is 12.0. The Kier molecular flexibility index (Phi) is 5.79. The van der Waals surface area contributed by atoms with Gasteiger partial charge >= 0.3 is 0 Å². The summed E-state index contributed by atoms with van der Waals surface area (Å²) in [5.41, 5.74) is 1.01. The number of hydrogen-bond acceptors (Lipinski definition) is 5. The van der Waals surface area contributed by atoms with Crippen molar-refractivity contribution in [1.29, 1.82) is 0 Å². The lowest BCUT2D eigenvalue weighted by atomic mass is 10.3. The molecule has 0 spiro atoms. The van der Waals surface area contributed by atoms with Crippen LogP contribution in [0.1, 0.15) is 0 Å². The van der Waals surface area contributed by atoms with Gasteiger partial charge in [-0.3, -0.25) is 9.20 Å². The summed E-state index contributed by atoms with van der Waals surface area (Å²) in [6, 6.07) is 13.3. The molecule has 1 amide bonds. The van der Waals surface area contributed by atoms with E-state index in [2.05, 4.69) is 10.3 Å². The number of amides is 1. The zero-order valence-corrected chi connectivity index (χ0v) is 14.7. The van der Waals surface area contributed by atoms with E-state index in [1.54, 1.807) is 13.3 Å². The average Bonchev–Trinajstić information content (AvgIpc) is 3.07. The number of nitrogens with zero attached hydrogens (tertiary/aromatic N) is 2. The normalized spacial score (nSPS) is 10.6. The van der Waals surface area contributed by atoms with Gasteiger partial charge in [0.05, 0.1) is 31.1 Å². The van der Waals surface area contributed by atoms with Crippen LogP contribution in [0.25, 0.3) is 5.52 Å². The monoisotopic (exact) mass is 357 g/mol. The molecule has 7 heteroatoms. The van der Waals surface area contributed by atoms with Crippen LogP contribution in [0, 0.1) is 0 Å². The summed E-state index contributed by atoms with van der Waals surface area (Å²) in [6.45, 7) is 0.808. The highest BCUT2D eigenvalue weighted by Crippen LogP contribution is 2.25. The molecule has 2 aromatic heterocycles. The Morgan fingerprint density at radius 3 is 2.84 bits per heavy atom. The Morgan fingerprint density at radius 1 is 1.20 bits per heavy atom. The molecule has 0 bridgehead atoms.